The SMILES string of the molecule is COC1CCN(Cc2csc(NC(=O)c3cc(-c4cccc(C(F)(F)F)c4)oc3C)n2)CC1. The molecular formula is C23H24F3N3O3S. The number of halogens is 3. The summed E-state index contributed by atoms with van der Waals surface area (Å²) in [4.78, 5) is 19.6. The first-order valence-corrected chi connectivity index (χ1v) is 11.4. The van der Waals surface area contributed by atoms with E-state index in [2.05, 4.69) is 15.2 Å². The van der Waals surface area contributed by atoms with Crippen molar-refractivity contribution in [3.8, 4) is 11.3 Å². The van der Waals surface area contributed by atoms with Crippen LogP contribution in [0.25, 0.3) is 11.3 Å². The lowest BCUT2D eigenvalue weighted by atomic mass is 10.1. The molecule has 1 fully saturated rings. The smallest absolute Gasteiger partial charge is 0.416 e. The number of anilines is 1. The van der Waals surface area contributed by atoms with Gasteiger partial charge in [0.25, 0.3) is 5.91 Å². The fourth-order valence-electron chi connectivity index (χ4n) is 3.83. The Bertz CT molecular complexity index is 1120. The van der Waals surface area contributed by atoms with Crippen LogP contribution in [-0.4, -0.2) is 42.1 Å². The van der Waals surface area contributed by atoms with Crippen LogP contribution in [0.4, 0.5) is 18.3 Å². The normalized spacial score (nSPS) is 15.7. The van der Waals surface area contributed by atoms with E-state index in [1.807, 2.05) is 5.38 Å². The van der Waals surface area contributed by atoms with Crippen molar-refractivity contribution in [2.45, 2.75) is 38.6 Å². The number of aromatic nitrogens is 1. The molecule has 3 heterocycles. The zero-order valence-corrected chi connectivity index (χ0v) is 19.1. The Morgan fingerprint density at radius 3 is 2.76 bits per heavy atom. The van der Waals surface area contributed by atoms with Crippen LogP contribution in [0.1, 0.15) is 40.2 Å². The molecule has 0 bridgehead atoms. The number of ether oxygens (including phenoxy) is 1. The Morgan fingerprint density at radius 1 is 1.30 bits per heavy atom. The number of likely N-dealkylation sites (tertiary alicyclic amines) is 1. The van der Waals surface area contributed by atoms with Crippen molar-refractivity contribution in [3.05, 3.63) is 58.3 Å². The van der Waals surface area contributed by atoms with Crippen molar-refractivity contribution in [1.82, 2.24) is 9.88 Å². The number of hydrogen-bond donors (Lipinski definition) is 1. The summed E-state index contributed by atoms with van der Waals surface area (Å²) in [6.45, 7) is 4.17. The van der Waals surface area contributed by atoms with E-state index in [-0.39, 0.29) is 16.9 Å². The molecule has 0 aliphatic carbocycles. The van der Waals surface area contributed by atoms with Gasteiger partial charge in [0.15, 0.2) is 5.13 Å². The van der Waals surface area contributed by atoms with Crippen LogP contribution in [0.5, 0.6) is 0 Å². The third kappa shape index (κ3) is 5.63. The van der Waals surface area contributed by atoms with Crippen molar-refractivity contribution in [3.63, 3.8) is 0 Å². The molecule has 6 nitrogen and oxygen atoms in total. The largest absolute Gasteiger partial charge is 0.461 e. The van der Waals surface area contributed by atoms with Gasteiger partial charge >= 0.3 is 6.18 Å². The highest BCUT2D eigenvalue weighted by molar-refractivity contribution is 7.14. The van der Waals surface area contributed by atoms with E-state index in [0.717, 1.165) is 43.8 Å². The van der Waals surface area contributed by atoms with Gasteiger partial charge in [0, 0.05) is 37.7 Å². The molecule has 1 aliphatic heterocycles. The summed E-state index contributed by atoms with van der Waals surface area (Å²) in [7, 11) is 1.74. The Kier molecular flexibility index (Phi) is 6.87. The summed E-state index contributed by atoms with van der Waals surface area (Å²) in [5.41, 5.74) is 0.600. The van der Waals surface area contributed by atoms with Crippen molar-refractivity contribution in [2.75, 3.05) is 25.5 Å². The third-order valence-electron chi connectivity index (χ3n) is 5.66. The minimum absolute atomic E-state index is 0.197. The fourth-order valence-corrected chi connectivity index (χ4v) is 4.53. The summed E-state index contributed by atoms with van der Waals surface area (Å²) < 4.78 is 50.0. The maximum absolute atomic E-state index is 13.0. The molecule has 33 heavy (non-hydrogen) atoms. The van der Waals surface area contributed by atoms with Crippen molar-refractivity contribution in [2.24, 2.45) is 0 Å². The quantitative estimate of drug-likeness (QED) is 0.499. The predicted molar refractivity (Wildman–Crippen MR) is 119 cm³/mol. The summed E-state index contributed by atoms with van der Waals surface area (Å²) in [5, 5.41) is 5.14. The lowest BCUT2D eigenvalue weighted by Gasteiger charge is -2.30. The topological polar surface area (TPSA) is 67.6 Å². The van der Waals surface area contributed by atoms with E-state index in [9.17, 15) is 18.0 Å². The number of alkyl halides is 3. The Balaban J connectivity index is 1.41. The van der Waals surface area contributed by atoms with Gasteiger partial charge < -0.3 is 9.15 Å². The Hall–Kier alpha value is -2.69. The molecule has 4 rings (SSSR count). The monoisotopic (exact) mass is 479 g/mol. The second-order valence-corrected chi connectivity index (χ2v) is 8.83. The maximum atomic E-state index is 13.0. The summed E-state index contributed by atoms with van der Waals surface area (Å²) >= 11 is 1.33. The molecule has 0 unspecified atom stereocenters. The number of carbonyl (C=O) groups is 1. The zero-order chi connectivity index (χ0) is 23.6. The van der Waals surface area contributed by atoms with E-state index >= 15 is 0 Å². The lowest BCUT2D eigenvalue weighted by molar-refractivity contribution is -0.137. The number of nitrogens with zero attached hydrogens (tertiary/aromatic N) is 2. The van der Waals surface area contributed by atoms with Gasteiger partial charge in [-0.05, 0) is 38.0 Å². The molecule has 1 amide bonds. The number of rotatable bonds is 6. The molecule has 3 aromatic rings. The van der Waals surface area contributed by atoms with Gasteiger partial charge in [-0.15, -0.1) is 11.3 Å². The van der Waals surface area contributed by atoms with Crippen LogP contribution in [0.2, 0.25) is 0 Å². The Morgan fingerprint density at radius 2 is 2.06 bits per heavy atom. The molecule has 1 aromatic carbocycles. The van der Waals surface area contributed by atoms with Gasteiger partial charge in [-0.3, -0.25) is 15.0 Å². The van der Waals surface area contributed by atoms with Gasteiger partial charge in [0.1, 0.15) is 11.5 Å². The van der Waals surface area contributed by atoms with E-state index < -0.39 is 17.6 Å². The van der Waals surface area contributed by atoms with Gasteiger partial charge in [-0.1, -0.05) is 12.1 Å². The number of furan rings is 1. The van der Waals surface area contributed by atoms with Crippen LogP contribution in [0.15, 0.2) is 40.1 Å². The molecule has 0 saturated carbocycles. The molecule has 1 saturated heterocycles. The van der Waals surface area contributed by atoms with Crippen LogP contribution in [0, 0.1) is 6.92 Å². The number of hydrogen-bond acceptors (Lipinski definition) is 6. The summed E-state index contributed by atoms with van der Waals surface area (Å²) in [6, 6.07) is 6.27. The van der Waals surface area contributed by atoms with Crippen molar-refractivity contribution in [1.29, 1.82) is 0 Å². The van der Waals surface area contributed by atoms with Crippen molar-refractivity contribution >= 4 is 22.4 Å². The van der Waals surface area contributed by atoms with E-state index in [0.29, 0.717) is 23.5 Å². The van der Waals surface area contributed by atoms with Gasteiger partial charge in [-0.25, -0.2) is 4.98 Å². The molecular weight excluding hydrogens is 455 g/mol. The highest BCUT2D eigenvalue weighted by atomic mass is 32.1. The third-order valence-corrected chi connectivity index (χ3v) is 6.47. The number of nitrogens with one attached hydrogen (secondary N) is 1. The minimum atomic E-state index is -4.46. The number of aryl methyl sites for hydroxylation is 1. The van der Waals surface area contributed by atoms with Crippen LogP contribution in [-0.2, 0) is 17.5 Å². The fraction of sp³-hybridized carbons (Fsp3) is 0.391. The van der Waals surface area contributed by atoms with Crippen LogP contribution in [0.3, 0.4) is 0 Å². The molecule has 0 spiro atoms. The molecule has 1 aliphatic rings. The Labute approximate surface area is 193 Å². The highest BCUT2D eigenvalue weighted by Gasteiger charge is 2.31. The summed E-state index contributed by atoms with van der Waals surface area (Å²) in [6.07, 6.45) is -2.18. The number of carbonyl (C=O) groups excluding carboxylic acids is 1. The predicted octanol–water partition coefficient (Wildman–Crippen LogP) is 5.59. The standard InChI is InChI=1S/C23H24F3N3O3S/c1-14-19(11-20(32-14)15-4-3-5-16(10-15)23(24,25)26)21(30)28-22-27-17(13-33-22)12-29-8-6-18(31-2)7-9-29/h3-5,10-11,13,18H,6-9,12H2,1-2H3,(H,27,28,30). The molecule has 0 radical (unpaired) electrons. The van der Waals surface area contributed by atoms with Gasteiger partial charge in [-0.2, -0.15) is 13.2 Å². The second-order valence-electron chi connectivity index (χ2n) is 7.97. The molecule has 1 N–H and O–H groups in total. The number of benzene rings is 1. The zero-order valence-electron chi connectivity index (χ0n) is 18.2. The maximum Gasteiger partial charge on any atom is 0.416 e. The first-order valence-electron chi connectivity index (χ1n) is 10.5. The number of amides is 1. The number of methoxy groups -OCH3 is 1. The van der Waals surface area contributed by atoms with Crippen LogP contribution < -0.4 is 5.32 Å². The molecule has 176 valence electrons. The first-order chi connectivity index (χ1) is 15.7. The van der Waals surface area contributed by atoms with E-state index in [4.69, 9.17) is 9.15 Å². The first kappa shape index (κ1) is 23.5. The average Bonchev–Trinajstić information content (AvgIpc) is 3.40. The number of piperidine rings is 1. The average molecular weight is 480 g/mol. The summed E-state index contributed by atoms with van der Waals surface area (Å²) in [5.74, 6) is 0.0945. The van der Waals surface area contributed by atoms with Crippen molar-refractivity contribution < 1.29 is 27.1 Å². The van der Waals surface area contributed by atoms with E-state index in [1.165, 1.54) is 29.5 Å². The number of thiazole rings is 1. The van der Waals surface area contributed by atoms with Gasteiger partial charge in [0.2, 0.25) is 0 Å². The molecule has 2 aromatic heterocycles. The lowest BCUT2D eigenvalue weighted by Crippen LogP contribution is -2.36. The van der Waals surface area contributed by atoms with Crippen LogP contribution >= 0.6 is 11.3 Å². The highest BCUT2D eigenvalue weighted by Crippen LogP contribution is 2.33. The second kappa shape index (κ2) is 9.66. The molecule has 0 atom stereocenters. The molecule has 10 heteroatoms. The minimum Gasteiger partial charge on any atom is -0.461 e. The van der Waals surface area contributed by atoms with Gasteiger partial charge in [0.05, 0.1) is 22.9 Å². The van der Waals surface area contributed by atoms with E-state index in [1.54, 1.807) is 14.0 Å².